The number of rotatable bonds is 32. The minimum Gasteiger partial charge on any atom is -0.744 e. The normalized spacial score (nSPS) is 22.0. The number of aliphatic hydroxyl groups excluding tert-OH is 2. The van der Waals surface area contributed by atoms with E-state index in [1.807, 2.05) is 31.7 Å². The lowest BCUT2D eigenvalue weighted by molar-refractivity contribution is -0.437. The van der Waals surface area contributed by atoms with Crippen LogP contribution in [0.3, 0.4) is 0 Å². The lowest BCUT2D eigenvalue weighted by atomic mass is 9.77. The van der Waals surface area contributed by atoms with E-state index in [1.165, 1.54) is 47.6 Å². The van der Waals surface area contributed by atoms with E-state index in [-0.39, 0.29) is 73.0 Å². The first-order valence-electron chi connectivity index (χ1n) is 27.8. The maximum Gasteiger partial charge on any atom is 0.403 e. The Bertz CT molecular complexity index is 3780. The molecule has 0 saturated carbocycles. The molecule has 10 N–H and O–H groups in total. The summed E-state index contributed by atoms with van der Waals surface area (Å²) in [5, 5.41) is 26.7. The minimum absolute atomic E-state index is 0.0160. The van der Waals surface area contributed by atoms with E-state index in [1.54, 1.807) is 34.9 Å². The van der Waals surface area contributed by atoms with Gasteiger partial charge in [-0.15, -0.1) is 0 Å². The number of carbonyl (C=O) groups is 1. The van der Waals surface area contributed by atoms with Gasteiger partial charge in [0.15, 0.2) is 23.4 Å². The van der Waals surface area contributed by atoms with Gasteiger partial charge in [0.25, 0.3) is 30.4 Å². The zero-order valence-corrected chi connectivity index (χ0v) is 51.7. The molecular weight excluding hydrogens is 1230 g/mol. The summed E-state index contributed by atoms with van der Waals surface area (Å²) in [7, 11) is -22.4. The van der Waals surface area contributed by atoms with Gasteiger partial charge < -0.3 is 40.3 Å². The molecule has 1 amide bonds. The summed E-state index contributed by atoms with van der Waals surface area (Å²) in [6, 6.07) is 8.20. The largest absolute Gasteiger partial charge is 0.744 e. The number of imidazole rings is 1. The maximum atomic E-state index is 12.9. The Morgan fingerprint density at radius 1 is 0.826 bits per heavy atom. The average molecular weight is 1300 g/mol. The molecule has 28 nitrogen and oxygen atoms in total. The highest BCUT2D eigenvalue weighted by Crippen LogP contribution is 2.52. The molecule has 3 aliphatic rings. The molecule has 4 aromatic rings. The van der Waals surface area contributed by atoms with Gasteiger partial charge in [-0.2, -0.15) is 29.8 Å². The fraction of sp³-hybridized carbons (Fsp3) is 0.528. The molecule has 86 heavy (non-hydrogen) atoms. The van der Waals surface area contributed by atoms with Crippen molar-refractivity contribution < 1.29 is 90.2 Å². The van der Waals surface area contributed by atoms with Crippen molar-refractivity contribution >= 4 is 88.2 Å². The molecule has 1 saturated heterocycles. The minimum atomic E-state index is -4.91. The Hall–Kier alpha value is -5.42. The van der Waals surface area contributed by atoms with Crippen molar-refractivity contribution in [1.29, 1.82) is 0 Å². The number of nitrogen functional groups attached to an aromatic ring is 1. The summed E-state index contributed by atoms with van der Waals surface area (Å²) in [5.41, 5.74) is 8.04. The first kappa shape index (κ1) is 68.1. The van der Waals surface area contributed by atoms with Crippen molar-refractivity contribution in [3.63, 3.8) is 0 Å². The summed E-state index contributed by atoms with van der Waals surface area (Å²) >= 11 is 0. The lowest BCUT2D eigenvalue weighted by Crippen LogP contribution is -2.34. The Balaban J connectivity index is 0.925. The molecule has 0 aliphatic carbocycles. The van der Waals surface area contributed by atoms with Gasteiger partial charge in [-0.3, -0.25) is 27.5 Å². The second-order valence-corrected chi connectivity index (χ2v) is 29.6. The first-order valence-corrected chi connectivity index (χ1v) is 35.4. The third-order valence-corrected chi connectivity index (χ3v) is 19.9. The number of aliphatic hydroxyl groups is 2. The molecule has 1 fully saturated rings. The van der Waals surface area contributed by atoms with Crippen LogP contribution in [0.25, 0.3) is 11.2 Å². The van der Waals surface area contributed by atoms with Crippen molar-refractivity contribution in [2.75, 3.05) is 54.9 Å². The van der Waals surface area contributed by atoms with E-state index in [2.05, 4.69) is 25.4 Å². The van der Waals surface area contributed by atoms with Crippen LogP contribution in [0.2, 0.25) is 0 Å². The second-order valence-electron chi connectivity index (χ2n) is 22.0. The van der Waals surface area contributed by atoms with Gasteiger partial charge in [-0.05, 0) is 101 Å². The summed E-state index contributed by atoms with van der Waals surface area (Å²) in [4.78, 5) is 36.6. The molecular formula is C53H74N9O19PS4. The van der Waals surface area contributed by atoms with Crippen LogP contribution < -0.4 is 21.0 Å². The van der Waals surface area contributed by atoms with Gasteiger partial charge in [0, 0.05) is 67.0 Å². The number of nitrogens with one attached hydrogen (secondary N) is 2. The zero-order valence-electron chi connectivity index (χ0n) is 47.6. The van der Waals surface area contributed by atoms with E-state index in [0.29, 0.717) is 91.9 Å². The predicted octanol–water partition coefficient (Wildman–Crippen LogP) is 4.31. The number of unbranched alkanes of at least 4 members (excludes halogenated alkanes) is 6. The number of amides is 1. The van der Waals surface area contributed by atoms with Crippen LogP contribution >= 0.6 is 7.75 Å². The van der Waals surface area contributed by atoms with Crippen molar-refractivity contribution in [3.05, 3.63) is 96.3 Å². The van der Waals surface area contributed by atoms with Gasteiger partial charge in [0.05, 0.1) is 39.6 Å². The first-order chi connectivity index (χ1) is 40.2. The number of aromatic nitrogens is 4. The van der Waals surface area contributed by atoms with E-state index >= 15 is 0 Å². The van der Waals surface area contributed by atoms with Crippen LogP contribution in [-0.4, -0.2) is 165 Å². The highest BCUT2D eigenvalue weighted by molar-refractivity contribution is 7.86. The number of benzene rings is 2. The fourth-order valence-electron chi connectivity index (χ4n) is 11.0. The number of nitrogens with zero attached hydrogens (tertiary/aromatic N) is 6. The number of fused-ring (bicyclic) bond motifs is 3. The van der Waals surface area contributed by atoms with Gasteiger partial charge in [0.2, 0.25) is 11.6 Å². The van der Waals surface area contributed by atoms with Crippen LogP contribution in [0.15, 0.2) is 94.9 Å². The number of hydrogen-bond acceptors (Lipinski definition) is 20. The second kappa shape index (κ2) is 28.0. The van der Waals surface area contributed by atoms with Crippen LogP contribution in [0, 0.1) is 0 Å². The van der Waals surface area contributed by atoms with Gasteiger partial charge in [-0.1, -0.05) is 43.9 Å². The topological polar surface area (TPSA) is 434 Å². The van der Waals surface area contributed by atoms with Crippen molar-refractivity contribution in [1.82, 2.24) is 29.9 Å². The van der Waals surface area contributed by atoms with Crippen molar-refractivity contribution in [2.45, 2.75) is 143 Å². The van der Waals surface area contributed by atoms with Crippen LogP contribution in [0.1, 0.15) is 115 Å². The Morgan fingerprint density at radius 2 is 1.50 bits per heavy atom. The number of anilines is 2. The van der Waals surface area contributed by atoms with E-state index in [4.69, 9.17) is 15.0 Å². The highest BCUT2D eigenvalue weighted by atomic mass is 32.2. The summed E-state index contributed by atoms with van der Waals surface area (Å²) < 4.78 is 164. The summed E-state index contributed by atoms with van der Waals surface area (Å²) in [6.45, 7) is 6.03. The molecule has 0 bridgehead atoms. The van der Waals surface area contributed by atoms with E-state index < -0.39 is 107 Å². The van der Waals surface area contributed by atoms with Gasteiger partial charge in [-0.25, -0.2) is 33.0 Å². The Labute approximate surface area is 499 Å². The molecule has 2 aromatic carbocycles. The monoisotopic (exact) mass is 1300 g/mol. The quantitative estimate of drug-likeness (QED) is 0.0108. The summed E-state index contributed by atoms with van der Waals surface area (Å²) in [6.07, 6.45) is 11.1. The van der Waals surface area contributed by atoms with Crippen LogP contribution in [0.5, 0.6) is 0 Å². The molecule has 2 aromatic heterocycles. The van der Waals surface area contributed by atoms with Crippen LogP contribution in [-0.2, 0) is 69.9 Å². The molecule has 3 aliphatic heterocycles. The van der Waals surface area contributed by atoms with Crippen molar-refractivity contribution in [2.24, 2.45) is 0 Å². The molecule has 33 heteroatoms. The molecule has 474 valence electrons. The SMILES string of the molecule is CC1(C)C(C=CC=CC=C2N(CCCCCC(=O)NCCCCCCNP(=O)(O)OC[C@H]3O[C@@H](n4cnc5c(N)ncnc54)[C@H](O)[C@@H]3O)c3ccc(S(=O)(=O)[O-])cc3C2(C)CCCCS(=O)(=O)O)=[N+](CCCS(=O)(=O)O)c2ccc(S(=O)(=O)O)cc21. The predicted molar refractivity (Wildman–Crippen MR) is 315 cm³/mol. The lowest BCUT2D eigenvalue weighted by Gasteiger charge is -2.30. The molecule has 2 unspecified atom stereocenters. The molecule has 6 atom stereocenters. The highest BCUT2D eigenvalue weighted by Gasteiger charge is 2.47. The molecule has 5 heterocycles. The third-order valence-electron chi connectivity index (χ3n) is 15.4. The number of allylic oxidation sites excluding steroid dienone is 6. The fourth-order valence-corrected chi connectivity index (χ4v) is 14.0. The number of ether oxygens (including phenoxy) is 1. The summed E-state index contributed by atoms with van der Waals surface area (Å²) in [5.74, 6) is -1.09. The molecule has 0 radical (unpaired) electrons. The number of nitrogens with two attached hydrogens (primary N) is 1. The standard InChI is InChI=1S/C53H74N9O19PS4/c1-52(2)38-31-36(85(74,75)76)20-22-40(38)60(28-16-30-84(71,72)73)43(52)17-8-6-9-18-44-53(3,24-11-15-29-83(68,69)70)39-32-37(86(77,78)79)21-23-41(39)61(44)27-14-7-10-19-45(63)55-25-12-4-5-13-26-59-82(66,67)80-33-42-47(64)48(65)51(81-42)62-35-58-46-49(54)56-34-57-50(46)62/h6,8-9,17-18,20-23,31-32,34-35,42,47-48,51,64-65H,4-5,7,10-16,19,24-30,33H2,1-3H3,(H8-,54,55,56,57,59,63,66,67,68,69,70,71,72,73,74,75,76,77,78,79)/t42-,47-,48-,51-,53?/m1/s1. The van der Waals surface area contributed by atoms with E-state index in [0.717, 1.165) is 0 Å². The molecule has 7 rings (SSSR count). The average Bonchev–Trinajstić information content (AvgIpc) is 1.63. The Morgan fingerprint density at radius 3 is 2.20 bits per heavy atom. The van der Waals surface area contributed by atoms with Gasteiger partial charge >= 0.3 is 7.75 Å². The zero-order chi connectivity index (χ0) is 63.0. The van der Waals surface area contributed by atoms with E-state index in [9.17, 15) is 76.3 Å². The maximum absolute atomic E-state index is 12.9. The smallest absolute Gasteiger partial charge is 0.403 e. The van der Waals surface area contributed by atoms with Gasteiger partial charge in [0.1, 0.15) is 46.8 Å². The van der Waals surface area contributed by atoms with Crippen LogP contribution in [0.4, 0.5) is 17.2 Å². The third kappa shape index (κ3) is 17.3. The number of hydrogen-bond donors (Lipinski definition) is 9. The molecule has 0 spiro atoms. The van der Waals surface area contributed by atoms with Crippen molar-refractivity contribution in [3.8, 4) is 0 Å². The Kier molecular flexibility index (Phi) is 22.1. The number of carbonyl (C=O) groups excluding carboxylic acids is 1.